The van der Waals surface area contributed by atoms with Gasteiger partial charge in [0.2, 0.25) is 0 Å². The van der Waals surface area contributed by atoms with Crippen LogP contribution in [0, 0.1) is 6.92 Å². The van der Waals surface area contributed by atoms with Crippen molar-refractivity contribution in [3.05, 3.63) is 69.3 Å². The SMILES string of the molecule is COc1cccc(-c2cc(C)cc(C(C)(C)C)c2O)c1C1C(C)=C(C)C(C)=C1C. The normalized spacial score (nSPS) is 15.5. The molecule has 0 spiro atoms. The Morgan fingerprint density at radius 2 is 1.45 bits per heavy atom. The van der Waals surface area contributed by atoms with E-state index in [1.807, 2.05) is 12.1 Å². The first-order valence-electron chi connectivity index (χ1n) is 10.4. The Morgan fingerprint density at radius 1 is 0.862 bits per heavy atom. The van der Waals surface area contributed by atoms with E-state index in [-0.39, 0.29) is 11.3 Å². The fourth-order valence-electron chi connectivity index (χ4n) is 4.59. The van der Waals surface area contributed by atoms with E-state index in [2.05, 4.69) is 73.6 Å². The Labute approximate surface area is 175 Å². The lowest BCUT2D eigenvalue weighted by Gasteiger charge is -2.26. The molecule has 0 saturated carbocycles. The summed E-state index contributed by atoms with van der Waals surface area (Å²) in [5.41, 5.74) is 10.5. The van der Waals surface area contributed by atoms with E-state index in [0.29, 0.717) is 5.75 Å². The maximum absolute atomic E-state index is 11.3. The molecule has 3 rings (SSSR count). The van der Waals surface area contributed by atoms with E-state index in [1.165, 1.54) is 22.3 Å². The van der Waals surface area contributed by atoms with Crippen LogP contribution in [0.25, 0.3) is 11.1 Å². The summed E-state index contributed by atoms with van der Waals surface area (Å²) in [5, 5.41) is 11.3. The summed E-state index contributed by atoms with van der Waals surface area (Å²) in [6.07, 6.45) is 0. The average Bonchev–Trinajstić information content (AvgIpc) is 2.85. The number of aromatic hydroxyl groups is 1. The van der Waals surface area contributed by atoms with Crippen LogP contribution >= 0.6 is 0 Å². The van der Waals surface area contributed by atoms with E-state index in [0.717, 1.165) is 33.6 Å². The summed E-state index contributed by atoms with van der Waals surface area (Å²) < 4.78 is 5.83. The molecule has 0 aromatic heterocycles. The van der Waals surface area contributed by atoms with Gasteiger partial charge in [-0.25, -0.2) is 0 Å². The third kappa shape index (κ3) is 3.50. The average molecular weight is 391 g/mol. The molecular formula is C27H34O2. The van der Waals surface area contributed by atoms with Crippen LogP contribution < -0.4 is 4.74 Å². The van der Waals surface area contributed by atoms with Crippen LogP contribution in [0.4, 0.5) is 0 Å². The van der Waals surface area contributed by atoms with Crippen molar-refractivity contribution in [2.24, 2.45) is 0 Å². The monoisotopic (exact) mass is 390 g/mol. The van der Waals surface area contributed by atoms with Gasteiger partial charge in [-0.15, -0.1) is 0 Å². The van der Waals surface area contributed by atoms with E-state index in [4.69, 9.17) is 4.74 Å². The zero-order chi connectivity index (χ0) is 21.7. The minimum atomic E-state index is -0.143. The molecule has 2 heteroatoms. The first kappa shape index (κ1) is 21.2. The summed E-state index contributed by atoms with van der Waals surface area (Å²) in [5.74, 6) is 1.40. The predicted octanol–water partition coefficient (Wildman–Crippen LogP) is 7.44. The van der Waals surface area contributed by atoms with Gasteiger partial charge in [-0.05, 0) is 74.4 Å². The number of rotatable bonds is 3. The van der Waals surface area contributed by atoms with Crippen molar-refractivity contribution < 1.29 is 9.84 Å². The first-order chi connectivity index (χ1) is 13.5. The molecule has 1 aliphatic rings. The molecular weight excluding hydrogens is 356 g/mol. The van der Waals surface area contributed by atoms with Gasteiger partial charge in [0.15, 0.2) is 0 Å². The Hall–Kier alpha value is -2.48. The summed E-state index contributed by atoms with van der Waals surface area (Å²) in [7, 11) is 1.73. The van der Waals surface area contributed by atoms with Crippen LogP contribution in [0.5, 0.6) is 11.5 Å². The zero-order valence-corrected chi connectivity index (χ0v) is 19.3. The first-order valence-corrected chi connectivity index (χ1v) is 10.4. The number of phenols is 1. The van der Waals surface area contributed by atoms with Gasteiger partial charge >= 0.3 is 0 Å². The quantitative estimate of drug-likeness (QED) is 0.590. The number of methoxy groups -OCH3 is 1. The number of hydrogen-bond acceptors (Lipinski definition) is 2. The number of allylic oxidation sites excluding steroid dienone is 4. The number of benzene rings is 2. The molecule has 0 saturated heterocycles. The number of hydrogen-bond donors (Lipinski definition) is 1. The van der Waals surface area contributed by atoms with Crippen molar-refractivity contribution in [3.63, 3.8) is 0 Å². The van der Waals surface area contributed by atoms with Crippen LogP contribution in [-0.4, -0.2) is 12.2 Å². The molecule has 0 amide bonds. The molecule has 0 aliphatic heterocycles. The topological polar surface area (TPSA) is 29.5 Å². The summed E-state index contributed by atoms with van der Waals surface area (Å²) in [6.45, 7) is 17.3. The highest BCUT2D eigenvalue weighted by Gasteiger charge is 2.31. The highest BCUT2D eigenvalue weighted by Crippen LogP contribution is 2.51. The molecule has 0 fully saturated rings. The fourth-order valence-corrected chi connectivity index (χ4v) is 4.59. The smallest absolute Gasteiger partial charge is 0.127 e. The van der Waals surface area contributed by atoms with Gasteiger partial charge in [0.1, 0.15) is 11.5 Å². The van der Waals surface area contributed by atoms with Crippen molar-refractivity contribution in [2.75, 3.05) is 7.11 Å². The van der Waals surface area contributed by atoms with Crippen molar-refractivity contribution in [1.29, 1.82) is 0 Å². The zero-order valence-electron chi connectivity index (χ0n) is 19.3. The number of aryl methyl sites for hydroxylation is 1. The summed E-state index contributed by atoms with van der Waals surface area (Å²) in [4.78, 5) is 0. The molecule has 0 heterocycles. The predicted molar refractivity (Wildman–Crippen MR) is 123 cm³/mol. The minimum absolute atomic E-state index is 0.143. The second kappa shape index (κ2) is 7.40. The molecule has 154 valence electrons. The lowest BCUT2D eigenvalue weighted by molar-refractivity contribution is 0.409. The van der Waals surface area contributed by atoms with Crippen LogP contribution in [-0.2, 0) is 5.41 Å². The van der Waals surface area contributed by atoms with Gasteiger partial charge < -0.3 is 9.84 Å². The molecule has 2 aromatic rings. The molecule has 29 heavy (non-hydrogen) atoms. The second-order valence-electron chi connectivity index (χ2n) is 9.43. The molecule has 0 unspecified atom stereocenters. The highest BCUT2D eigenvalue weighted by atomic mass is 16.5. The van der Waals surface area contributed by atoms with Crippen LogP contribution in [0.1, 0.15) is 71.1 Å². The lowest BCUT2D eigenvalue weighted by atomic mass is 9.80. The molecule has 0 radical (unpaired) electrons. The third-order valence-electron chi connectivity index (χ3n) is 6.54. The molecule has 2 aromatic carbocycles. The Morgan fingerprint density at radius 3 is 1.97 bits per heavy atom. The van der Waals surface area contributed by atoms with Crippen molar-refractivity contribution in [2.45, 2.75) is 66.7 Å². The van der Waals surface area contributed by atoms with Crippen LogP contribution in [0.2, 0.25) is 0 Å². The Kier molecular flexibility index (Phi) is 5.42. The van der Waals surface area contributed by atoms with Crippen molar-refractivity contribution in [1.82, 2.24) is 0 Å². The Balaban J connectivity index is 2.37. The van der Waals surface area contributed by atoms with Gasteiger partial charge in [-0.3, -0.25) is 0 Å². The second-order valence-corrected chi connectivity index (χ2v) is 9.43. The number of ether oxygens (including phenoxy) is 1. The summed E-state index contributed by atoms with van der Waals surface area (Å²) in [6, 6.07) is 10.3. The van der Waals surface area contributed by atoms with Gasteiger partial charge in [-0.1, -0.05) is 50.1 Å². The molecule has 1 aliphatic carbocycles. The van der Waals surface area contributed by atoms with E-state index < -0.39 is 0 Å². The number of phenolic OH excluding ortho intramolecular Hbond substituents is 1. The van der Waals surface area contributed by atoms with E-state index in [9.17, 15) is 5.11 Å². The molecule has 0 atom stereocenters. The van der Waals surface area contributed by atoms with Crippen LogP contribution in [0.3, 0.4) is 0 Å². The Bertz CT molecular complexity index is 1010. The van der Waals surface area contributed by atoms with Gasteiger partial charge in [-0.2, -0.15) is 0 Å². The van der Waals surface area contributed by atoms with E-state index >= 15 is 0 Å². The maximum Gasteiger partial charge on any atom is 0.127 e. The molecule has 0 bridgehead atoms. The van der Waals surface area contributed by atoms with E-state index in [1.54, 1.807) is 7.11 Å². The highest BCUT2D eigenvalue weighted by molar-refractivity contribution is 5.80. The largest absolute Gasteiger partial charge is 0.507 e. The molecule has 1 N–H and O–H groups in total. The van der Waals surface area contributed by atoms with Gasteiger partial charge in [0, 0.05) is 22.6 Å². The van der Waals surface area contributed by atoms with Gasteiger partial charge in [0.05, 0.1) is 7.11 Å². The standard InChI is InChI=1S/C27H34O2/c1-15-13-21(26(28)22(14-15)27(6,7)8)20-11-10-12-23(29-9)25(20)24-18(4)16(2)17(3)19(24)5/h10-14,24,28H,1-9H3. The fraction of sp³-hybridized carbons (Fsp3) is 0.407. The lowest BCUT2D eigenvalue weighted by Crippen LogP contribution is -2.12. The molecule has 2 nitrogen and oxygen atoms in total. The minimum Gasteiger partial charge on any atom is -0.507 e. The van der Waals surface area contributed by atoms with Gasteiger partial charge in [0.25, 0.3) is 0 Å². The maximum atomic E-state index is 11.3. The van der Waals surface area contributed by atoms with Crippen molar-refractivity contribution in [3.8, 4) is 22.6 Å². The van der Waals surface area contributed by atoms with Crippen LogP contribution in [0.15, 0.2) is 52.6 Å². The van der Waals surface area contributed by atoms with Crippen molar-refractivity contribution >= 4 is 0 Å². The summed E-state index contributed by atoms with van der Waals surface area (Å²) >= 11 is 0. The third-order valence-corrected chi connectivity index (χ3v) is 6.54.